The third-order valence-corrected chi connectivity index (χ3v) is 1.49. The number of oxazole rings is 1. The zero-order valence-corrected chi connectivity index (χ0v) is 7.73. The molecule has 0 saturated heterocycles. The molecule has 13 heavy (non-hydrogen) atoms. The van der Waals surface area contributed by atoms with Gasteiger partial charge in [0, 0.05) is 0 Å². The number of aliphatic carboxylic acids is 1. The molecule has 0 amide bonds. The molecule has 0 spiro atoms. The number of rotatable bonds is 2. The highest BCUT2D eigenvalue weighted by Crippen LogP contribution is 1.97. The lowest BCUT2D eigenvalue weighted by molar-refractivity contribution is -0.141. The highest BCUT2D eigenvalue weighted by atomic mass is 16.4. The zero-order chi connectivity index (χ0) is 10.3. The molecule has 1 rings (SSSR count). The van der Waals surface area contributed by atoms with Crippen LogP contribution in [0.25, 0.3) is 0 Å². The summed E-state index contributed by atoms with van der Waals surface area (Å²) in [6.45, 7) is 3.56. The number of carboxylic acid groups (broad SMARTS) is 1. The van der Waals surface area contributed by atoms with Gasteiger partial charge in [0.05, 0.1) is 12.1 Å². The van der Waals surface area contributed by atoms with E-state index in [-0.39, 0.29) is 11.9 Å². The Bertz CT molecular complexity index is 234. The van der Waals surface area contributed by atoms with Crippen molar-refractivity contribution in [3.63, 3.8) is 0 Å². The molecular formula is C8H14N2O3. The summed E-state index contributed by atoms with van der Waals surface area (Å²) in [7, 11) is 0. The summed E-state index contributed by atoms with van der Waals surface area (Å²) >= 11 is 0. The smallest absolute Gasteiger partial charge is 0.306 e. The number of nitrogen functional groups attached to an aromatic ring is 1. The van der Waals surface area contributed by atoms with Crippen molar-refractivity contribution in [3.8, 4) is 0 Å². The van der Waals surface area contributed by atoms with Gasteiger partial charge >= 0.3 is 5.97 Å². The minimum atomic E-state index is -0.706. The van der Waals surface area contributed by atoms with E-state index < -0.39 is 5.97 Å². The van der Waals surface area contributed by atoms with E-state index in [1.54, 1.807) is 6.92 Å². The van der Waals surface area contributed by atoms with Crippen LogP contribution in [0.2, 0.25) is 0 Å². The van der Waals surface area contributed by atoms with E-state index in [0.29, 0.717) is 0 Å². The molecule has 1 atom stereocenters. The van der Waals surface area contributed by atoms with Gasteiger partial charge in [-0.1, -0.05) is 13.8 Å². The van der Waals surface area contributed by atoms with E-state index in [0.717, 1.165) is 6.42 Å². The average Bonchev–Trinajstić information content (AvgIpc) is 2.55. The Kier molecular flexibility index (Phi) is 5.34. The summed E-state index contributed by atoms with van der Waals surface area (Å²) in [5, 5.41) is 8.18. The van der Waals surface area contributed by atoms with E-state index in [1.807, 2.05) is 6.92 Å². The lowest BCUT2D eigenvalue weighted by Gasteiger charge is -1.96. The van der Waals surface area contributed by atoms with Crippen molar-refractivity contribution < 1.29 is 14.3 Å². The first-order chi connectivity index (χ1) is 6.07. The number of carboxylic acids is 1. The van der Waals surface area contributed by atoms with Gasteiger partial charge in [0.1, 0.15) is 6.26 Å². The summed E-state index contributed by atoms with van der Waals surface area (Å²) in [6.07, 6.45) is 3.64. The maximum absolute atomic E-state index is 9.93. The number of aromatic nitrogens is 1. The van der Waals surface area contributed by atoms with Gasteiger partial charge in [0.15, 0.2) is 0 Å². The number of nitrogens with two attached hydrogens (primary N) is 1. The molecule has 5 nitrogen and oxygen atoms in total. The molecule has 0 bridgehead atoms. The fourth-order valence-corrected chi connectivity index (χ4v) is 0.409. The second-order valence-corrected chi connectivity index (χ2v) is 2.52. The van der Waals surface area contributed by atoms with Gasteiger partial charge in [-0.15, -0.1) is 0 Å². The van der Waals surface area contributed by atoms with Crippen LogP contribution in [0.1, 0.15) is 20.3 Å². The zero-order valence-electron chi connectivity index (χ0n) is 7.73. The van der Waals surface area contributed by atoms with Crippen molar-refractivity contribution in [1.29, 1.82) is 0 Å². The first kappa shape index (κ1) is 11.5. The molecule has 0 fully saturated rings. The quantitative estimate of drug-likeness (QED) is 0.728. The molecule has 1 unspecified atom stereocenters. The Balaban J connectivity index is 0.000000223. The monoisotopic (exact) mass is 186 g/mol. The fraction of sp³-hybridized carbons (Fsp3) is 0.500. The number of nitrogens with zero attached hydrogens (tertiary/aromatic N) is 1. The van der Waals surface area contributed by atoms with Gasteiger partial charge in [-0.25, -0.2) is 4.98 Å². The van der Waals surface area contributed by atoms with E-state index >= 15 is 0 Å². The van der Waals surface area contributed by atoms with Gasteiger partial charge < -0.3 is 15.3 Å². The minimum Gasteiger partial charge on any atom is -0.481 e. The average molecular weight is 186 g/mol. The van der Waals surface area contributed by atoms with E-state index in [9.17, 15) is 4.79 Å². The summed E-state index contributed by atoms with van der Waals surface area (Å²) in [4.78, 5) is 13.5. The first-order valence-corrected chi connectivity index (χ1v) is 3.95. The van der Waals surface area contributed by atoms with Gasteiger partial charge in [-0.2, -0.15) is 0 Å². The Morgan fingerprint density at radius 3 is 2.54 bits per heavy atom. The summed E-state index contributed by atoms with van der Waals surface area (Å²) < 4.78 is 4.50. The molecule has 3 N–H and O–H groups in total. The van der Waals surface area contributed by atoms with Crippen LogP contribution >= 0.6 is 0 Å². The Hall–Kier alpha value is -1.52. The molecule has 0 aliphatic rings. The van der Waals surface area contributed by atoms with Crippen molar-refractivity contribution in [2.45, 2.75) is 20.3 Å². The normalized spacial score (nSPS) is 11.2. The van der Waals surface area contributed by atoms with Crippen molar-refractivity contribution in [2.24, 2.45) is 5.92 Å². The second kappa shape index (κ2) is 6.05. The predicted octanol–water partition coefficient (Wildman–Crippen LogP) is 1.37. The van der Waals surface area contributed by atoms with Gasteiger partial charge in [0.25, 0.3) is 6.01 Å². The molecular weight excluding hydrogens is 172 g/mol. The SMILES string of the molecule is CCC(C)C(=O)O.Nc1ncco1. The van der Waals surface area contributed by atoms with Crippen molar-refractivity contribution in [2.75, 3.05) is 5.73 Å². The van der Waals surface area contributed by atoms with Crippen LogP contribution in [0.15, 0.2) is 16.9 Å². The van der Waals surface area contributed by atoms with E-state index in [1.165, 1.54) is 12.5 Å². The van der Waals surface area contributed by atoms with Crippen LogP contribution in [0.5, 0.6) is 0 Å². The maximum atomic E-state index is 9.93. The minimum absolute atomic E-state index is 0.181. The van der Waals surface area contributed by atoms with Crippen LogP contribution in [-0.4, -0.2) is 16.1 Å². The summed E-state index contributed by atoms with van der Waals surface area (Å²) in [5.41, 5.74) is 5.00. The van der Waals surface area contributed by atoms with Crippen molar-refractivity contribution in [3.05, 3.63) is 12.5 Å². The molecule has 74 valence electrons. The summed E-state index contributed by atoms with van der Waals surface area (Å²) in [6, 6.07) is 0.218. The highest BCUT2D eigenvalue weighted by Gasteiger charge is 2.05. The number of hydrogen-bond acceptors (Lipinski definition) is 4. The maximum Gasteiger partial charge on any atom is 0.306 e. The lowest BCUT2D eigenvalue weighted by atomic mass is 10.1. The topological polar surface area (TPSA) is 89.3 Å². The van der Waals surface area contributed by atoms with Crippen molar-refractivity contribution >= 4 is 12.0 Å². The summed E-state index contributed by atoms with van der Waals surface area (Å²) in [5.74, 6) is -0.887. The molecule has 1 aromatic rings. The number of carbonyl (C=O) groups is 1. The second-order valence-electron chi connectivity index (χ2n) is 2.52. The molecule has 5 heteroatoms. The first-order valence-electron chi connectivity index (χ1n) is 3.95. The van der Waals surface area contributed by atoms with Crippen LogP contribution in [-0.2, 0) is 4.79 Å². The lowest BCUT2D eigenvalue weighted by Crippen LogP contribution is -2.06. The van der Waals surface area contributed by atoms with Crippen LogP contribution in [0.4, 0.5) is 6.01 Å². The van der Waals surface area contributed by atoms with Crippen LogP contribution in [0, 0.1) is 5.92 Å². The Morgan fingerprint density at radius 1 is 1.85 bits per heavy atom. The van der Waals surface area contributed by atoms with Gasteiger partial charge in [-0.3, -0.25) is 4.79 Å². The molecule has 0 aromatic carbocycles. The molecule has 1 heterocycles. The van der Waals surface area contributed by atoms with Gasteiger partial charge in [-0.05, 0) is 6.42 Å². The van der Waals surface area contributed by atoms with Gasteiger partial charge in [0.2, 0.25) is 0 Å². The van der Waals surface area contributed by atoms with Crippen molar-refractivity contribution in [1.82, 2.24) is 4.98 Å². The highest BCUT2D eigenvalue weighted by molar-refractivity contribution is 5.69. The third-order valence-electron chi connectivity index (χ3n) is 1.49. The molecule has 0 aliphatic heterocycles. The van der Waals surface area contributed by atoms with Crippen LogP contribution < -0.4 is 5.73 Å². The largest absolute Gasteiger partial charge is 0.481 e. The Morgan fingerprint density at radius 2 is 2.46 bits per heavy atom. The number of hydrogen-bond donors (Lipinski definition) is 2. The van der Waals surface area contributed by atoms with Crippen LogP contribution in [0.3, 0.4) is 0 Å². The fourth-order valence-electron chi connectivity index (χ4n) is 0.409. The molecule has 0 aliphatic carbocycles. The Labute approximate surface area is 76.6 Å². The predicted molar refractivity (Wildman–Crippen MR) is 48.0 cm³/mol. The molecule has 0 radical (unpaired) electrons. The standard InChI is InChI=1S/C5H10O2.C3H4N2O/c1-3-4(2)5(6)7;4-3-5-1-2-6-3/h4H,3H2,1-2H3,(H,6,7);1-2H,(H2,4,5). The third kappa shape index (κ3) is 5.72. The number of anilines is 1. The molecule has 0 saturated carbocycles. The van der Waals surface area contributed by atoms with E-state index in [4.69, 9.17) is 10.8 Å². The van der Waals surface area contributed by atoms with E-state index in [2.05, 4.69) is 9.40 Å². The molecule has 1 aromatic heterocycles.